The van der Waals surface area contributed by atoms with Crippen LogP contribution in [0.3, 0.4) is 0 Å². The Hall–Kier alpha value is -1.04. The molecule has 2 bridgehead atoms. The van der Waals surface area contributed by atoms with E-state index >= 15 is 0 Å². The molecule has 5 aliphatic rings. The zero-order valence-corrected chi connectivity index (χ0v) is 15.4. The summed E-state index contributed by atoms with van der Waals surface area (Å²) < 4.78 is 19.0. The molecule has 0 aromatic heterocycles. The average Bonchev–Trinajstić information content (AvgIpc) is 3.16. The highest BCUT2D eigenvalue weighted by molar-refractivity contribution is 6.47. The lowest BCUT2D eigenvalue weighted by atomic mass is 9.43. The third kappa shape index (κ3) is 2.06. The largest absolute Gasteiger partial charge is 0.493 e. The van der Waals surface area contributed by atoms with Gasteiger partial charge in [-0.05, 0) is 49.6 Å². The monoisotopic (exact) mass is 341 g/mol. The third-order valence-electron chi connectivity index (χ3n) is 7.84. The van der Waals surface area contributed by atoms with Gasteiger partial charge in [0.1, 0.15) is 5.75 Å². The first-order chi connectivity index (χ1) is 11.9. The van der Waals surface area contributed by atoms with Crippen molar-refractivity contribution in [3.63, 3.8) is 0 Å². The Morgan fingerprint density at radius 1 is 1.24 bits per heavy atom. The van der Waals surface area contributed by atoms with E-state index in [9.17, 15) is 0 Å². The van der Waals surface area contributed by atoms with Gasteiger partial charge in [0.2, 0.25) is 0 Å². The van der Waals surface area contributed by atoms with Gasteiger partial charge in [-0.3, -0.25) is 0 Å². The molecule has 1 aromatic rings. The van der Waals surface area contributed by atoms with Gasteiger partial charge in [0.25, 0.3) is 0 Å². The number of rotatable bonds is 3. The summed E-state index contributed by atoms with van der Waals surface area (Å²) in [6.45, 7) is 8.28. The second-order valence-corrected chi connectivity index (χ2v) is 9.19. The smallest absolute Gasteiger partial charge is 0.463 e. The molecule has 4 nitrogen and oxygen atoms in total. The number of nitrogens with two attached hydrogens (primary N) is 1. The second kappa shape index (κ2) is 5.24. The zero-order valence-electron chi connectivity index (χ0n) is 15.4. The summed E-state index contributed by atoms with van der Waals surface area (Å²) in [5.74, 6) is 2.71. The van der Waals surface area contributed by atoms with Crippen molar-refractivity contribution < 1.29 is 14.0 Å². The van der Waals surface area contributed by atoms with Crippen molar-refractivity contribution in [1.29, 1.82) is 0 Å². The molecule has 3 aliphatic carbocycles. The molecule has 2 heterocycles. The Morgan fingerprint density at radius 3 is 2.80 bits per heavy atom. The maximum Gasteiger partial charge on any atom is 0.463 e. The molecule has 4 fully saturated rings. The van der Waals surface area contributed by atoms with E-state index in [0.29, 0.717) is 24.5 Å². The van der Waals surface area contributed by atoms with Crippen LogP contribution in [0.1, 0.15) is 45.1 Å². The van der Waals surface area contributed by atoms with Crippen LogP contribution in [0, 0.1) is 17.3 Å². The average molecular weight is 341 g/mol. The molecule has 1 saturated heterocycles. The molecular formula is C20H28BNO3. The van der Waals surface area contributed by atoms with Crippen LogP contribution < -0.4 is 10.5 Å². The van der Waals surface area contributed by atoms with Crippen LogP contribution in [0.25, 0.3) is 0 Å². The minimum atomic E-state index is -0.227. The van der Waals surface area contributed by atoms with Gasteiger partial charge in [-0.15, -0.1) is 0 Å². The van der Waals surface area contributed by atoms with Crippen molar-refractivity contribution in [1.82, 2.24) is 0 Å². The van der Waals surface area contributed by atoms with E-state index in [-0.39, 0.29) is 30.6 Å². The second-order valence-electron chi connectivity index (χ2n) is 9.19. The minimum absolute atomic E-state index is 0.131. The van der Waals surface area contributed by atoms with E-state index in [4.69, 9.17) is 19.8 Å². The molecule has 2 aliphatic heterocycles. The molecule has 1 unspecified atom stereocenters. The lowest BCUT2D eigenvalue weighted by molar-refractivity contribution is -0.199. The fourth-order valence-corrected chi connectivity index (χ4v) is 6.09. The van der Waals surface area contributed by atoms with Gasteiger partial charge < -0.3 is 19.8 Å². The molecule has 2 N–H and O–H groups in total. The van der Waals surface area contributed by atoms with Gasteiger partial charge in [0, 0.05) is 17.3 Å². The first-order valence-electron chi connectivity index (χ1n) is 9.70. The van der Waals surface area contributed by atoms with Crippen LogP contribution in [-0.4, -0.2) is 32.0 Å². The Morgan fingerprint density at radius 2 is 2.04 bits per heavy atom. The van der Waals surface area contributed by atoms with Crippen LogP contribution >= 0.6 is 0 Å². The fraction of sp³-hybridized carbons (Fsp3) is 0.700. The number of para-hydroxylation sites is 1. The molecule has 5 heteroatoms. The van der Waals surface area contributed by atoms with Gasteiger partial charge in [0.15, 0.2) is 0 Å². The van der Waals surface area contributed by atoms with Crippen molar-refractivity contribution in [3.8, 4) is 5.75 Å². The molecule has 6 rings (SSSR count). The van der Waals surface area contributed by atoms with Crippen molar-refractivity contribution in [2.45, 2.75) is 57.1 Å². The molecule has 1 aromatic carbocycles. The molecule has 0 amide bonds. The number of hydrogen-bond donors (Lipinski definition) is 1. The van der Waals surface area contributed by atoms with E-state index in [0.717, 1.165) is 18.1 Å². The predicted molar refractivity (Wildman–Crippen MR) is 97.6 cm³/mol. The SMILES string of the molecule is CC1(C)[C@@H]2C[C@H]3OB([C@@H](CN)C4COc5ccccc54)O[C@@]3(C)[C@H]1C2. The standard InChI is InChI=1S/C20H28BNO3/c1-19(2)12-8-17(19)20(3)18(9-12)24-21(25-20)15(10-22)14-11-23-16-7-5-4-6-13(14)16/h4-7,12,14-15,17-18H,8-11,22H2,1-3H3/t12-,14?,15-,17-,18+,20-/m0/s1. The molecule has 0 spiro atoms. The highest BCUT2D eigenvalue weighted by Gasteiger charge is 2.68. The maximum atomic E-state index is 6.66. The van der Waals surface area contributed by atoms with E-state index in [1.54, 1.807) is 0 Å². The summed E-state index contributed by atoms with van der Waals surface area (Å²) >= 11 is 0. The van der Waals surface area contributed by atoms with Crippen LogP contribution in [-0.2, 0) is 9.31 Å². The number of benzene rings is 1. The van der Waals surface area contributed by atoms with Gasteiger partial charge in [-0.2, -0.15) is 0 Å². The van der Waals surface area contributed by atoms with Gasteiger partial charge in [-0.1, -0.05) is 32.0 Å². The summed E-state index contributed by atoms with van der Waals surface area (Å²) in [5, 5.41) is 0. The van der Waals surface area contributed by atoms with Gasteiger partial charge >= 0.3 is 7.12 Å². The third-order valence-corrected chi connectivity index (χ3v) is 7.84. The van der Waals surface area contributed by atoms with Gasteiger partial charge in [0.05, 0.1) is 18.3 Å². The number of hydrogen-bond acceptors (Lipinski definition) is 4. The molecule has 134 valence electrons. The summed E-state index contributed by atoms with van der Waals surface area (Å²) in [5.41, 5.74) is 7.64. The van der Waals surface area contributed by atoms with Crippen molar-refractivity contribution >= 4 is 7.12 Å². The number of ether oxygens (including phenoxy) is 1. The van der Waals surface area contributed by atoms with Crippen molar-refractivity contribution in [2.24, 2.45) is 23.0 Å². The Balaban J connectivity index is 1.41. The minimum Gasteiger partial charge on any atom is -0.493 e. The Bertz CT molecular complexity index is 695. The van der Waals surface area contributed by atoms with Crippen molar-refractivity contribution in [2.75, 3.05) is 13.2 Å². The summed E-state index contributed by atoms with van der Waals surface area (Å²) in [7, 11) is -0.227. The normalized spacial score (nSPS) is 41.5. The number of fused-ring (bicyclic) bond motifs is 1. The highest BCUT2D eigenvalue weighted by Crippen LogP contribution is 2.66. The Kier molecular flexibility index (Phi) is 3.39. The van der Waals surface area contributed by atoms with Crippen LogP contribution in [0.4, 0.5) is 0 Å². The maximum absolute atomic E-state index is 6.66. The van der Waals surface area contributed by atoms with Crippen LogP contribution in [0.5, 0.6) is 5.75 Å². The van der Waals surface area contributed by atoms with E-state index in [2.05, 4.69) is 32.9 Å². The predicted octanol–water partition coefficient (Wildman–Crippen LogP) is 3.22. The lowest BCUT2D eigenvalue weighted by Crippen LogP contribution is -2.65. The first kappa shape index (κ1) is 16.2. The van der Waals surface area contributed by atoms with Gasteiger partial charge in [-0.25, -0.2) is 0 Å². The molecule has 0 radical (unpaired) electrons. The van der Waals surface area contributed by atoms with Crippen molar-refractivity contribution in [3.05, 3.63) is 29.8 Å². The highest BCUT2D eigenvalue weighted by atomic mass is 16.7. The molecule has 6 atom stereocenters. The molecule has 25 heavy (non-hydrogen) atoms. The molecular weight excluding hydrogens is 313 g/mol. The first-order valence-corrected chi connectivity index (χ1v) is 9.70. The zero-order chi connectivity index (χ0) is 17.4. The summed E-state index contributed by atoms with van der Waals surface area (Å²) in [4.78, 5) is 0. The molecule has 3 saturated carbocycles. The topological polar surface area (TPSA) is 53.7 Å². The van der Waals surface area contributed by atoms with Crippen LogP contribution in [0.15, 0.2) is 24.3 Å². The van der Waals surface area contributed by atoms with E-state index < -0.39 is 0 Å². The summed E-state index contributed by atoms with van der Waals surface area (Å²) in [6, 6.07) is 8.28. The lowest BCUT2D eigenvalue weighted by Gasteiger charge is -2.64. The Labute approximate surface area is 150 Å². The van der Waals surface area contributed by atoms with Crippen LogP contribution in [0.2, 0.25) is 5.82 Å². The van der Waals surface area contributed by atoms with E-state index in [1.165, 1.54) is 12.0 Å². The summed E-state index contributed by atoms with van der Waals surface area (Å²) in [6.07, 6.45) is 2.60. The quantitative estimate of drug-likeness (QED) is 0.858. The fourth-order valence-electron chi connectivity index (χ4n) is 6.09. The van der Waals surface area contributed by atoms with E-state index in [1.807, 2.05) is 12.1 Å².